The fourth-order valence-electron chi connectivity index (χ4n) is 4.06. The van der Waals surface area contributed by atoms with Crippen LogP contribution in [0.3, 0.4) is 0 Å². The smallest absolute Gasteiger partial charge is 0.0121 e. The molecule has 17 heavy (non-hydrogen) atoms. The lowest BCUT2D eigenvalue weighted by molar-refractivity contribution is 0.0541. The second-order valence-corrected chi connectivity index (χ2v) is 6.54. The maximum Gasteiger partial charge on any atom is 0.0121 e. The molecule has 1 saturated carbocycles. The van der Waals surface area contributed by atoms with Gasteiger partial charge in [-0.1, -0.05) is 13.8 Å². The molecule has 2 N–H and O–H groups in total. The molecule has 0 aromatic heterocycles. The zero-order valence-corrected chi connectivity index (χ0v) is 11.7. The van der Waals surface area contributed by atoms with Gasteiger partial charge in [0.25, 0.3) is 0 Å². The highest BCUT2D eigenvalue weighted by atomic mass is 15.2. The van der Waals surface area contributed by atoms with Gasteiger partial charge in [0.2, 0.25) is 0 Å². The number of rotatable bonds is 3. The molecule has 0 amide bonds. The second kappa shape index (κ2) is 6.19. The first kappa shape index (κ1) is 13.4. The van der Waals surface area contributed by atoms with Crippen LogP contribution in [-0.4, -0.2) is 30.6 Å². The molecule has 0 aromatic carbocycles. The minimum atomic E-state index is 0.867. The molecular weight excluding hydrogens is 208 g/mol. The summed E-state index contributed by atoms with van der Waals surface area (Å²) in [5, 5.41) is 0. The SMILES string of the molecule is CC1CCC(N2CCCC(CCN)C2)C(C)C1. The van der Waals surface area contributed by atoms with Crippen LogP contribution in [0.15, 0.2) is 0 Å². The van der Waals surface area contributed by atoms with Gasteiger partial charge in [-0.3, -0.25) is 4.90 Å². The Labute approximate surface area is 107 Å². The van der Waals surface area contributed by atoms with Crippen molar-refractivity contribution < 1.29 is 0 Å². The van der Waals surface area contributed by atoms with Crippen LogP contribution in [0.5, 0.6) is 0 Å². The zero-order chi connectivity index (χ0) is 12.3. The Balaban J connectivity index is 1.88. The third-order valence-corrected chi connectivity index (χ3v) is 4.98. The normalized spacial score (nSPS) is 40.4. The molecule has 4 unspecified atom stereocenters. The standard InChI is InChI=1S/C15H30N2/c1-12-5-6-15(13(2)10-12)17-9-3-4-14(11-17)7-8-16/h12-15H,3-11,16H2,1-2H3. The van der Waals surface area contributed by atoms with E-state index in [0.29, 0.717) is 0 Å². The highest BCUT2D eigenvalue weighted by molar-refractivity contribution is 4.86. The molecule has 0 radical (unpaired) electrons. The Bertz CT molecular complexity index is 227. The fourth-order valence-corrected chi connectivity index (χ4v) is 4.06. The molecule has 2 rings (SSSR count). The third-order valence-electron chi connectivity index (χ3n) is 4.98. The summed E-state index contributed by atoms with van der Waals surface area (Å²) in [4.78, 5) is 2.79. The quantitative estimate of drug-likeness (QED) is 0.819. The van der Waals surface area contributed by atoms with Gasteiger partial charge in [0.05, 0.1) is 0 Å². The minimum absolute atomic E-state index is 0.867. The number of hydrogen-bond acceptors (Lipinski definition) is 2. The van der Waals surface area contributed by atoms with Crippen LogP contribution in [-0.2, 0) is 0 Å². The fraction of sp³-hybridized carbons (Fsp3) is 1.00. The molecule has 4 atom stereocenters. The Kier molecular flexibility index (Phi) is 4.87. The van der Waals surface area contributed by atoms with Gasteiger partial charge in [-0.15, -0.1) is 0 Å². The van der Waals surface area contributed by atoms with Gasteiger partial charge in [0.15, 0.2) is 0 Å². The van der Waals surface area contributed by atoms with E-state index in [1.54, 1.807) is 0 Å². The van der Waals surface area contributed by atoms with Crippen molar-refractivity contribution in [2.45, 2.75) is 58.4 Å². The average molecular weight is 238 g/mol. The predicted octanol–water partition coefficient (Wildman–Crippen LogP) is 2.87. The number of nitrogens with zero attached hydrogens (tertiary/aromatic N) is 1. The molecule has 1 aliphatic heterocycles. The van der Waals surface area contributed by atoms with Gasteiger partial charge in [-0.2, -0.15) is 0 Å². The largest absolute Gasteiger partial charge is 0.330 e. The minimum Gasteiger partial charge on any atom is -0.330 e. The lowest BCUT2D eigenvalue weighted by Gasteiger charge is -2.44. The monoisotopic (exact) mass is 238 g/mol. The van der Waals surface area contributed by atoms with Gasteiger partial charge in [-0.05, 0) is 69.4 Å². The van der Waals surface area contributed by atoms with Gasteiger partial charge < -0.3 is 5.73 Å². The van der Waals surface area contributed by atoms with E-state index < -0.39 is 0 Å². The second-order valence-electron chi connectivity index (χ2n) is 6.54. The summed E-state index contributed by atoms with van der Waals surface area (Å²) in [6, 6.07) is 0.867. The lowest BCUT2D eigenvalue weighted by Crippen LogP contribution is -2.47. The summed E-state index contributed by atoms with van der Waals surface area (Å²) < 4.78 is 0. The van der Waals surface area contributed by atoms with E-state index in [-0.39, 0.29) is 0 Å². The Morgan fingerprint density at radius 2 is 2.00 bits per heavy atom. The molecule has 1 heterocycles. The van der Waals surface area contributed by atoms with Crippen molar-refractivity contribution in [3.05, 3.63) is 0 Å². The molecule has 2 aliphatic rings. The number of hydrogen-bond donors (Lipinski definition) is 1. The molecular formula is C15H30N2. The first-order valence-corrected chi connectivity index (χ1v) is 7.64. The number of piperidine rings is 1. The topological polar surface area (TPSA) is 29.3 Å². The molecule has 2 fully saturated rings. The van der Waals surface area contributed by atoms with Gasteiger partial charge >= 0.3 is 0 Å². The van der Waals surface area contributed by atoms with E-state index >= 15 is 0 Å². The van der Waals surface area contributed by atoms with Crippen molar-refractivity contribution in [2.75, 3.05) is 19.6 Å². The molecule has 2 heteroatoms. The van der Waals surface area contributed by atoms with Gasteiger partial charge in [-0.25, -0.2) is 0 Å². The summed E-state index contributed by atoms with van der Waals surface area (Å²) in [5.74, 6) is 2.72. The van der Waals surface area contributed by atoms with Crippen LogP contribution >= 0.6 is 0 Å². The van der Waals surface area contributed by atoms with Crippen LogP contribution in [0.1, 0.15) is 52.4 Å². The molecule has 0 spiro atoms. The van der Waals surface area contributed by atoms with Gasteiger partial charge in [0, 0.05) is 12.6 Å². The van der Waals surface area contributed by atoms with Crippen LogP contribution in [0.4, 0.5) is 0 Å². The highest BCUT2D eigenvalue weighted by Gasteiger charge is 2.32. The van der Waals surface area contributed by atoms with E-state index in [1.807, 2.05) is 0 Å². The molecule has 0 aromatic rings. The molecule has 2 nitrogen and oxygen atoms in total. The van der Waals surface area contributed by atoms with Crippen molar-refractivity contribution in [2.24, 2.45) is 23.5 Å². The predicted molar refractivity (Wildman–Crippen MR) is 73.9 cm³/mol. The van der Waals surface area contributed by atoms with E-state index in [4.69, 9.17) is 5.73 Å². The summed E-state index contributed by atoms with van der Waals surface area (Å²) in [6.07, 6.45) is 8.33. The zero-order valence-electron chi connectivity index (χ0n) is 11.7. The Morgan fingerprint density at radius 3 is 2.71 bits per heavy atom. The molecule has 100 valence electrons. The molecule has 1 saturated heterocycles. The number of likely N-dealkylation sites (tertiary alicyclic amines) is 1. The maximum absolute atomic E-state index is 5.71. The van der Waals surface area contributed by atoms with Crippen molar-refractivity contribution in [3.8, 4) is 0 Å². The Hall–Kier alpha value is -0.0800. The van der Waals surface area contributed by atoms with Crippen molar-refractivity contribution in [1.29, 1.82) is 0 Å². The van der Waals surface area contributed by atoms with Crippen molar-refractivity contribution in [1.82, 2.24) is 4.90 Å². The highest BCUT2D eigenvalue weighted by Crippen LogP contribution is 2.34. The van der Waals surface area contributed by atoms with E-state index in [1.165, 1.54) is 51.6 Å². The van der Waals surface area contributed by atoms with E-state index in [0.717, 1.165) is 30.3 Å². The third kappa shape index (κ3) is 3.45. The average Bonchev–Trinajstić information content (AvgIpc) is 2.29. The van der Waals surface area contributed by atoms with Crippen LogP contribution in [0.2, 0.25) is 0 Å². The van der Waals surface area contributed by atoms with E-state index in [9.17, 15) is 0 Å². The summed E-state index contributed by atoms with van der Waals surface area (Å²) in [7, 11) is 0. The van der Waals surface area contributed by atoms with Gasteiger partial charge in [0.1, 0.15) is 0 Å². The number of nitrogens with two attached hydrogens (primary N) is 1. The van der Waals surface area contributed by atoms with Crippen LogP contribution in [0, 0.1) is 17.8 Å². The van der Waals surface area contributed by atoms with Crippen LogP contribution in [0.25, 0.3) is 0 Å². The van der Waals surface area contributed by atoms with Crippen LogP contribution < -0.4 is 5.73 Å². The van der Waals surface area contributed by atoms with Crippen molar-refractivity contribution in [3.63, 3.8) is 0 Å². The first-order chi connectivity index (χ1) is 8.20. The lowest BCUT2D eigenvalue weighted by atomic mass is 9.78. The van der Waals surface area contributed by atoms with Crippen molar-refractivity contribution >= 4 is 0 Å². The Morgan fingerprint density at radius 1 is 1.18 bits per heavy atom. The first-order valence-electron chi connectivity index (χ1n) is 7.64. The summed E-state index contributed by atoms with van der Waals surface area (Å²) in [6.45, 7) is 8.41. The summed E-state index contributed by atoms with van der Waals surface area (Å²) in [5.41, 5.74) is 5.71. The van der Waals surface area contributed by atoms with E-state index in [2.05, 4.69) is 18.7 Å². The summed E-state index contributed by atoms with van der Waals surface area (Å²) >= 11 is 0. The molecule has 1 aliphatic carbocycles. The molecule has 0 bridgehead atoms. The maximum atomic E-state index is 5.71.